The molecule has 0 saturated heterocycles. The van der Waals surface area contributed by atoms with E-state index in [-0.39, 0.29) is 11.7 Å². The molecule has 0 radical (unpaired) electrons. The number of carbonyl (C=O) groups excluding carboxylic acids is 1. The van der Waals surface area contributed by atoms with Crippen molar-refractivity contribution in [3.8, 4) is 0 Å². The Morgan fingerprint density at radius 2 is 2.12 bits per heavy atom. The molecule has 1 aromatic heterocycles. The van der Waals surface area contributed by atoms with Crippen molar-refractivity contribution in [1.29, 1.82) is 0 Å². The first kappa shape index (κ1) is 11.6. The number of aromatic amines is 1. The molecular weight excluding hydrogens is 212 g/mol. The van der Waals surface area contributed by atoms with Crippen molar-refractivity contribution in [2.75, 3.05) is 0 Å². The molecule has 2 aromatic rings. The summed E-state index contributed by atoms with van der Waals surface area (Å²) in [6.07, 6.45) is 4.61. The molecule has 1 heterocycles. The summed E-state index contributed by atoms with van der Waals surface area (Å²) in [5.74, 6) is 0.930. The van der Waals surface area contributed by atoms with Crippen LogP contribution in [-0.2, 0) is 11.2 Å². The molecule has 2 rings (SSSR count). The molecule has 17 heavy (non-hydrogen) atoms. The number of rotatable bonds is 5. The van der Waals surface area contributed by atoms with Crippen LogP contribution in [0.3, 0.4) is 0 Å². The molecule has 3 nitrogen and oxygen atoms in total. The zero-order valence-electron chi connectivity index (χ0n) is 9.89. The third-order valence-electron chi connectivity index (χ3n) is 2.90. The monoisotopic (exact) mass is 228 g/mol. The van der Waals surface area contributed by atoms with Crippen LogP contribution in [0, 0.1) is 0 Å². The maximum Gasteiger partial charge on any atom is 0.147 e. The molecule has 0 spiro atoms. The van der Waals surface area contributed by atoms with Gasteiger partial charge in [0, 0.05) is 18.3 Å². The number of imidazole rings is 1. The van der Waals surface area contributed by atoms with E-state index in [9.17, 15) is 4.79 Å². The number of hydrogen-bond acceptors (Lipinski definition) is 2. The fourth-order valence-corrected chi connectivity index (χ4v) is 2.02. The van der Waals surface area contributed by atoms with Gasteiger partial charge < -0.3 is 4.98 Å². The molecule has 1 atom stereocenters. The molecule has 0 aliphatic rings. The molecule has 0 aliphatic carbocycles. The van der Waals surface area contributed by atoms with Gasteiger partial charge in [0.25, 0.3) is 0 Å². The second-order valence-corrected chi connectivity index (χ2v) is 4.05. The SMILES string of the molecule is CCC(C(=O)Cc1ncc[nH]1)c1ccccc1. The Labute approximate surface area is 101 Å². The molecule has 0 fully saturated rings. The lowest BCUT2D eigenvalue weighted by Gasteiger charge is -2.13. The average Bonchev–Trinajstić information content (AvgIpc) is 2.84. The molecule has 0 saturated carbocycles. The van der Waals surface area contributed by atoms with Crippen LogP contribution >= 0.6 is 0 Å². The number of aromatic nitrogens is 2. The average molecular weight is 228 g/mol. The van der Waals surface area contributed by atoms with E-state index in [0.29, 0.717) is 6.42 Å². The van der Waals surface area contributed by atoms with Gasteiger partial charge in [-0.25, -0.2) is 4.98 Å². The highest BCUT2D eigenvalue weighted by Gasteiger charge is 2.19. The standard InChI is InChI=1S/C14H16N2O/c1-2-12(11-6-4-3-5-7-11)13(17)10-14-15-8-9-16-14/h3-9,12H,2,10H2,1H3,(H,15,16). The summed E-state index contributed by atoms with van der Waals surface area (Å²) >= 11 is 0. The van der Waals surface area contributed by atoms with Crippen molar-refractivity contribution in [2.24, 2.45) is 0 Å². The van der Waals surface area contributed by atoms with E-state index in [1.165, 1.54) is 0 Å². The second kappa shape index (κ2) is 5.43. The quantitative estimate of drug-likeness (QED) is 0.855. The van der Waals surface area contributed by atoms with Crippen LogP contribution < -0.4 is 0 Å². The number of H-pyrrole nitrogens is 1. The molecule has 0 bridgehead atoms. The van der Waals surface area contributed by atoms with Crippen molar-refractivity contribution in [1.82, 2.24) is 9.97 Å². The van der Waals surface area contributed by atoms with Crippen molar-refractivity contribution < 1.29 is 4.79 Å². The Morgan fingerprint density at radius 1 is 1.35 bits per heavy atom. The molecule has 0 aliphatic heterocycles. The number of carbonyl (C=O) groups is 1. The predicted molar refractivity (Wildman–Crippen MR) is 66.8 cm³/mol. The van der Waals surface area contributed by atoms with Crippen LogP contribution in [0.4, 0.5) is 0 Å². The summed E-state index contributed by atoms with van der Waals surface area (Å²) < 4.78 is 0. The molecule has 1 unspecified atom stereocenters. The minimum Gasteiger partial charge on any atom is -0.348 e. The van der Waals surface area contributed by atoms with Crippen molar-refractivity contribution >= 4 is 5.78 Å². The van der Waals surface area contributed by atoms with E-state index in [4.69, 9.17) is 0 Å². The van der Waals surface area contributed by atoms with E-state index in [1.807, 2.05) is 37.3 Å². The minimum absolute atomic E-state index is 0.0266. The van der Waals surface area contributed by atoms with Gasteiger partial charge in [-0.1, -0.05) is 37.3 Å². The van der Waals surface area contributed by atoms with Gasteiger partial charge in [0.15, 0.2) is 0 Å². The zero-order chi connectivity index (χ0) is 12.1. The largest absolute Gasteiger partial charge is 0.348 e. The lowest BCUT2D eigenvalue weighted by molar-refractivity contribution is -0.120. The summed E-state index contributed by atoms with van der Waals surface area (Å²) in [7, 11) is 0. The number of benzene rings is 1. The first-order valence-corrected chi connectivity index (χ1v) is 5.87. The Kier molecular flexibility index (Phi) is 3.70. The molecule has 0 amide bonds. The summed E-state index contributed by atoms with van der Waals surface area (Å²) in [6, 6.07) is 9.92. The molecular formula is C14H16N2O. The van der Waals surface area contributed by atoms with Gasteiger partial charge >= 0.3 is 0 Å². The Bertz CT molecular complexity index is 462. The van der Waals surface area contributed by atoms with Crippen molar-refractivity contribution in [3.63, 3.8) is 0 Å². The smallest absolute Gasteiger partial charge is 0.147 e. The van der Waals surface area contributed by atoms with E-state index < -0.39 is 0 Å². The highest BCUT2D eigenvalue weighted by molar-refractivity contribution is 5.87. The second-order valence-electron chi connectivity index (χ2n) is 4.05. The van der Waals surface area contributed by atoms with Crippen LogP contribution in [0.15, 0.2) is 42.7 Å². The highest BCUT2D eigenvalue weighted by atomic mass is 16.1. The lowest BCUT2D eigenvalue weighted by atomic mass is 9.90. The molecule has 88 valence electrons. The van der Waals surface area contributed by atoms with Gasteiger partial charge in [0.1, 0.15) is 11.6 Å². The summed E-state index contributed by atoms with van der Waals surface area (Å²) in [4.78, 5) is 19.2. The van der Waals surface area contributed by atoms with Gasteiger partial charge in [0.05, 0.1) is 6.42 Å². The van der Waals surface area contributed by atoms with E-state index in [1.54, 1.807) is 12.4 Å². The fourth-order valence-electron chi connectivity index (χ4n) is 2.02. The topological polar surface area (TPSA) is 45.8 Å². The van der Waals surface area contributed by atoms with E-state index in [2.05, 4.69) is 9.97 Å². The number of nitrogens with one attached hydrogen (secondary N) is 1. The van der Waals surface area contributed by atoms with Crippen LogP contribution in [0.1, 0.15) is 30.7 Å². The minimum atomic E-state index is -0.0266. The Hall–Kier alpha value is -1.90. The Balaban J connectivity index is 2.11. The third kappa shape index (κ3) is 2.81. The molecule has 3 heteroatoms. The third-order valence-corrected chi connectivity index (χ3v) is 2.90. The predicted octanol–water partition coefficient (Wildman–Crippen LogP) is 2.72. The number of hydrogen-bond donors (Lipinski definition) is 1. The van der Waals surface area contributed by atoms with Crippen LogP contribution in [0.5, 0.6) is 0 Å². The van der Waals surface area contributed by atoms with Crippen LogP contribution in [0.25, 0.3) is 0 Å². The maximum atomic E-state index is 12.2. The van der Waals surface area contributed by atoms with Crippen LogP contribution in [-0.4, -0.2) is 15.8 Å². The summed E-state index contributed by atoms with van der Waals surface area (Å²) in [5, 5.41) is 0. The van der Waals surface area contributed by atoms with Gasteiger partial charge in [-0.05, 0) is 12.0 Å². The number of nitrogens with zero attached hydrogens (tertiary/aromatic N) is 1. The zero-order valence-corrected chi connectivity index (χ0v) is 9.89. The first-order chi connectivity index (χ1) is 8.31. The van der Waals surface area contributed by atoms with Gasteiger partial charge in [-0.3, -0.25) is 4.79 Å². The fraction of sp³-hybridized carbons (Fsp3) is 0.286. The van der Waals surface area contributed by atoms with E-state index >= 15 is 0 Å². The normalized spacial score (nSPS) is 12.3. The van der Waals surface area contributed by atoms with Gasteiger partial charge in [-0.2, -0.15) is 0 Å². The maximum absolute atomic E-state index is 12.2. The van der Waals surface area contributed by atoms with Gasteiger partial charge in [0.2, 0.25) is 0 Å². The molecule has 1 aromatic carbocycles. The summed E-state index contributed by atoms with van der Waals surface area (Å²) in [6.45, 7) is 2.04. The summed E-state index contributed by atoms with van der Waals surface area (Å²) in [5.41, 5.74) is 1.09. The van der Waals surface area contributed by atoms with Crippen molar-refractivity contribution in [3.05, 3.63) is 54.1 Å². The lowest BCUT2D eigenvalue weighted by Crippen LogP contribution is -2.15. The van der Waals surface area contributed by atoms with Gasteiger partial charge in [-0.15, -0.1) is 0 Å². The first-order valence-electron chi connectivity index (χ1n) is 5.87. The van der Waals surface area contributed by atoms with Crippen LogP contribution in [0.2, 0.25) is 0 Å². The number of Topliss-reactive ketones (excluding diaryl/α,β-unsaturated/α-hetero) is 1. The Morgan fingerprint density at radius 3 is 2.71 bits per heavy atom. The molecule has 1 N–H and O–H groups in total. The highest BCUT2D eigenvalue weighted by Crippen LogP contribution is 2.21. The van der Waals surface area contributed by atoms with E-state index in [0.717, 1.165) is 17.8 Å². The van der Waals surface area contributed by atoms with Crippen molar-refractivity contribution in [2.45, 2.75) is 25.7 Å². The number of ketones is 1.